The van der Waals surface area contributed by atoms with Crippen molar-refractivity contribution in [1.29, 1.82) is 0 Å². The van der Waals surface area contributed by atoms with Crippen molar-refractivity contribution in [2.75, 3.05) is 0 Å². The quantitative estimate of drug-likeness (QED) is 0.687. The standard InChI is InChI=1S/C21H17ClN2O2/c22-18-12-10-16(11-13-18)20(25)23-24-21(26)19-9-5-4-8-17(19)14-15-6-2-1-3-7-15/h1-13H,14H2,(H,23,25)(H,24,26). The molecule has 0 atom stereocenters. The number of hydrazine groups is 1. The highest BCUT2D eigenvalue weighted by atomic mass is 35.5. The van der Waals surface area contributed by atoms with Gasteiger partial charge in [-0.2, -0.15) is 0 Å². The molecule has 0 spiro atoms. The summed E-state index contributed by atoms with van der Waals surface area (Å²) in [7, 11) is 0. The molecule has 26 heavy (non-hydrogen) atoms. The Hall–Kier alpha value is -3.11. The molecule has 3 aromatic rings. The highest BCUT2D eigenvalue weighted by Crippen LogP contribution is 2.14. The molecule has 0 bridgehead atoms. The topological polar surface area (TPSA) is 58.2 Å². The molecule has 3 rings (SSSR count). The predicted molar refractivity (Wildman–Crippen MR) is 102 cm³/mol. The summed E-state index contributed by atoms with van der Waals surface area (Å²) < 4.78 is 0. The smallest absolute Gasteiger partial charge is 0.267 e. The van der Waals surface area contributed by atoms with Gasteiger partial charge in [-0.05, 0) is 47.9 Å². The van der Waals surface area contributed by atoms with Crippen molar-refractivity contribution < 1.29 is 9.59 Å². The van der Waals surface area contributed by atoms with Crippen LogP contribution >= 0.6 is 11.6 Å². The van der Waals surface area contributed by atoms with E-state index in [4.69, 9.17) is 11.6 Å². The van der Waals surface area contributed by atoms with Crippen LogP contribution in [-0.2, 0) is 6.42 Å². The lowest BCUT2D eigenvalue weighted by atomic mass is 9.99. The summed E-state index contributed by atoms with van der Waals surface area (Å²) in [5, 5.41) is 0.542. The second kappa shape index (κ2) is 8.32. The van der Waals surface area contributed by atoms with E-state index in [0.29, 0.717) is 22.6 Å². The van der Waals surface area contributed by atoms with Gasteiger partial charge in [-0.15, -0.1) is 0 Å². The number of hydrogen-bond acceptors (Lipinski definition) is 2. The third-order valence-electron chi connectivity index (χ3n) is 3.90. The number of hydrogen-bond donors (Lipinski definition) is 2. The Balaban J connectivity index is 1.68. The van der Waals surface area contributed by atoms with Gasteiger partial charge >= 0.3 is 0 Å². The zero-order valence-electron chi connectivity index (χ0n) is 13.9. The van der Waals surface area contributed by atoms with Gasteiger partial charge in [0, 0.05) is 16.1 Å². The monoisotopic (exact) mass is 364 g/mol. The summed E-state index contributed by atoms with van der Waals surface area (Å²) in [6, 6.07) is 23.6. The third-order valence-corrected chi connectivity index (χ3v) is 4.15. The van der Waals surface area contributed by atoms with Gasteiger partial charge in [-0.1, -0.05) is 60.1 Å². The molecule has 0 aliphatic rings. The van der Waals surface area contributed by atoms with Gasteiger partial charge in [0.15, 0.2) is 0 Å². The first-order valence-corrected chi connectivity index (χ1v) is 8.49. The van der Waals surface area contributed by atoms with E-state index in [1.807, 2.05) is 42.5 Å². The Morgan fingerprint density at radius 3 is 2.08 bits per heavy atom. The van der Waals surface area contributed by atoms with Crippen molar-refractivity contribution >= 4 is 23.4 Å². The summed E-state index contributed by atoms with van der Waals surface area (Å²) in [6.07, 6.45) is 0.634. The fourth-order valence-corrected chi connectivity index (χ4v) is 2.69. The summed E-state index contributed by atoms with van der Waals surface area (Å²) in [4.78, 5) is 24.6. The molecule has 0 aliphatic heterocycles. The zero-order valence-corrected chi connectivity index (χ0v) is 14.7. The molecule has 0 unspecified atom stereocenters. The van der Waals surface area contributed by atoms with Crippen LogP contribution in [-0.4, -0.2) is 11.8 Å². The molecule has 0 aromatic heterocycles. The molecule has 0 aliphatic carbocycles. The molecular weight excluding hydrogens is 348 g/mol. The molecular formula is C21H17ClN2O2. The van der Waals surface area contributed by atoms with E-state index in [-0.39, 0.29) is 5.91 Å². The van der Waals surface area contributed by atoms with Crippen LogP contribution in [0, 0.1) is 0 Å². The van der Waals surface area contributed by atoms with E-state index in [1.54, 1.807) is 36.4 Å². The first-order valence-electron chi connectivity index (χ1n) is 8.11. The normalized spacial score (nSPS) is 10.2. The van der Waals surface area contributed by atoms with Crippen LogP contribution in [0.3, 0.4) is 0 Å². The number of rotatable bonds is 4. The maximum absolute atomic E-state index is 12.5. The van der Waals surface area contributed by atoms with Crippen LogP contribution in [0.15, 0.2) is 78.9 Å². The Kier molecular flexibility index (Phi) is 5.66. The number of nitrogens with one attached hydrogen (secondary N) is 2. The van der Waals surface area contributed by atoms with Crippen molar-refractivity contribution in [2.24, 2.45) is 0 Å². The minimum atomic E-state index is -0.407. The molecule has 0 heterocycles. The van der Waals surface area contributed by atoms with Crippen molar-refractivity contribution in [3.8, 4) is 0 Å². The summed E-state index contributed by atoms with van der Waals surface area (Å²) in [5.74, 6) is -0.769. The van der Waals surface area contributed by atoms with Crippen LogP contribution in [0.5, 0.6) is 0 Å². The second-order valence-electron chi connectivity index (χ2n) is 5.73. The molecule has 2 N–H and O–H groups in total. The molecule has 5 heteroatoms. The van der Waals surface area contributed by atoms with Crippen molar-refractivity contribution in [2.45, 2.75) is 6.42 Å². The maximum Gasteiger partial charge on any atom is 0.269 e. The fraction of sp³-hybridized carbons (Fsp3) is 0.0476. The van der Waals surface area contributed by atoms with E-state index < -0.39 is 5.91 Å². The minimum Gasteiger partial charge on any atom is -0.267 e. The Morgan fingerprint density at radius 1 is 0.731 bits per heavy atom. The largest absolute Gasteiger partial charge is 0.269 e. The molecule has 2 amide bonds. The van der Waals surface area contributed by atoms with Crippen LogP contribution in [0.1, 0.15) is 31.8 Å². The molecule has 3 aromatic carbocycles. The molecule has 4 nitrogen and oxygen atoms in total. The van der Waals surface area contributed by atoms with Gasteiger partial charge in [0.25, 0.3) is 11.8 Å². The van der Waals surface area contributed by atoms with E-state index in [2.05, 4.69) is 10.9 Å². The first kappa shape index (κ1) is 17.7. The SMILES string of the molecule is O=C(NNC(=O)c1ccccc1Cc1ccccc1)c1ccc(Cl)cc1. The number of carbonyl (C=O) groups is 2. The van der Waals surface area contributed by atoms with Gasteiger partial charge in [0.1, 0.15) is 0 Å². The highest BCUT2D eigenvalue weighted by molar-refractivity contribution is 6.30. The predicted octanol–water partition coefficient (Wildman–Crippen LogP) is 4.01. The van der Waals surface area contributed by atoms with Gasteiger partial charge in [0.2, 0.25) is 0 Å². The average molecular weight is 365 g/mol. The van der Waals surface area contributed by atoms with Crippen molar-refractivity contribution in [3.63, 3.8) is 0 Å². The van der Waals surface area contributed by atoms with E-state index in [1.165, 1.54) is 0 Å². The molecule has 0 saturated heterocycles. The highest BCUT2D eigenvalue weighted by Gasteiger charge is 2.13. The van der Waals surface area contributed by atoms with Gasteiger partial charge < -0.3 is 0 Å². The Labute approximate surface area is 156 Å². The van der Waals surface area contributed by atoms with E-state index in [0.717, 1.165) is 11.1 Å². The van der Waals surface area contributed by atoms with E-state index >= 15 is 0 Å². The third kappa shape index (κ3) is 4.49. The van der Waals surface area contributed by atoms with Crippen LogP contribution < -0.4 is 10.9 Å². The van der Waals surface area contributed by atoms with Crippen LogP contribution in [0.4, 0.5) is 0 Å². The lowest BCUT2D eigenvalue weighted by Crippen LogP contribution is -2.41. The first-order chi connectivity index (χ1) is 12.6. The van der Waals surface area contributed by atoms with Crippen molar-refractivity contribution in [1.82, 2.24) is 10.9 Å². The second-order valence-corrected chi connectivity index (χ2v) is 6.17. The lowest BCUT2D eigenvalue weighted by molar-refractivity contribution is 0.0846. The van der Waals surface area contributed by atoms with Gasteiger partial charge in [-0.3, -0.25) is 20.4 Å². The molecule has 0 saturated carbocycles. The Morgan fingerprint density at radius 2 is 1.35 bits per heavy atom. The van der Waals surface area contributed by atoms with Crippen molar-refractivity contribution in [3.05, 3.63) is 106 Å². The summed E-state index contributed by atoms with van der Waals surface area (Å²) >= 11 is 5.81. The van der Waals surface area contributed by atoms with Gasteiger partial charge in [-0.25, -0.2) is 0 Å². The summed E-state index contributed by atoms with van der Waals surface area (Å²) in [5.41, 5.74) is 7.82. The number of halogens is 1. The molecule has 0 radical (unpaired) electrons. The lowest BCUT2D eigenvalue weighted by Gasteiger charge is -2.11. The van der Waals surface area contributed by atoms with E-state index in [9.17, 15) is 9.59 Å². The zero-order chi connectivity index (χ0) is 18.4. The van der Waals surface area contributed by atoms with Crippen LogP contribution in [0.2, 0.25) is 5.02 Å². The maximum atomic E-state index is 12.5. The molecule has 0 fully saturated rings. The average Bonchev–Trinajstić information content (AvgIpc) is 2.67. The molecule has 130 valence electrons. The summed E-state index contributed by atoms with van der Waals surface area (Å²) in [6.45, 7) is 0. The Bertz CT molecular complexity index is 909. The van der Waals surface area contributed by atoms with Gasteiger partial charge in [0.05, 0.1) is 0 Å². The number of carbonyl (C=O) groups excluding carboxylic acids is 2. The number of benzene rings is 3. The number of amides is 2. The van der Waals surface area contributed by atoms with Crippen LogP contribution in [0.25, 0.3) is 0 Å². The fourth-order valence-electron chi connectivity index (χ4n) is 2.57. The minimum absolute atomic E-state index is 0.362.